The zero-order valence-electron chi connectivity index (χ0n) is 18.4. The molecule has 0 radical (unpaired) electrons. The number of fused-ring (bicyclic) bond motifs is 3. The van der Waals surface area contributed by atoms with Crippen LogP contribution < -0.4 is 14.0 Å². The van der Waals surface area contributed by atoms with Gasteiger partial charge in [-0.2, -0.15) is 0 Å². The molecule has 1 unspecified atom stereocenters. The third kappa shape index (κ3) is 3.26. The van der Waals surface area contributed by atoms with Crippen molar-refractivity contribution < 1.29 is 14.0 Å². The standard InChI is InChI=1S/C26H26NO3P/c1-16-12-19-24(22(14-16)28-5)29-25-20(26(19,3)4)13-17(2)15-23(25)30-31-27-11-10-18-8-6-7-9-21(18)27/h6-15,31H,1-5H3. The van der Waals surface area contributed by atoms with Crippen molar-refractivity contribution in [1.29, 1.82) is 0 Å². The lowest BCUT2D eigenvalue weighted by Crippen LogP contribution is -2.25. The Bertz CT molecular complexity index is 1310. The summed E-state index contributed by atoms with van der Waals surface area (Å²) in [6, 6.07) is 18.9. The minimum absolute atomic E-state index is 0.114. The smallest absolute Gasteiger partial charge is 0.181 e. The fourth-order valence-corrected chi connectivity index (χ4v) is 5.14. The molecule has 0 saturated carbocycles. The van der Waals surface area contributed by atoms with Crippen molar-refractivity contribution >= 4 is 19.9 Å². The summed E-state index contributed by atoms with van der Waals surface area (Å²) in [5, 5.41) is 1.20. The molecular weight excluding hydrogens is 405 g/mol. The molecule has 0 aliphatic carbocycles. The summed E-state index contributed by atoms with van der Waals surface area (Å²) < 4.78 is 20.6. The van der Waals surface area contributed by atoms with E-state index in [0.717, 1.165) is 50.8 Å². The van der Waals surface area contributed by atoms with Gasteiger partial charge in [0.2, 0.25) is 0 Å². The largest absolute Gasteiger partial charge is 0.493 e. The van der Waals surface area contributed by atoms with E-state index in [4.69, 9.17) is 14.0 Å². The number of ether oxygens (including phenoxy) is 2. The lowest BCUT2D eigenvalue weighted by atomic mass is 9.74. The maximum Gasteiger partial charge on any atom is 0.181 e. The lowest BCUT2D eigenvalue weighted by molar-refractivity contribution is 0.350. The normalized spacial score (nSPS) is 14.4. The molecule has 5 rings (SSSR count). The second-order valence-electron chi connectivity index (χ2n) is 8.65. The second kappa shape index (κ2) is 7.32. The number of rotatable bonds is 4. The maximum atomic E-state index is 6.48. The molecule has 4 nitrogen and oxygen atoms in total. The average molecular weight is 431 g/mol. The molecule has 0 spiro atoms. The Hall–Kier alpha value is -2.97. The van der Waals surface area contributed by atoms with E-state index >= 15 is 0 Å². The molecule has 31 heavy (non-hydrogen) atoms. The van der Waals surface area contributed by atoms with Crippen molar-refractivity contribution in [2.24, 2.45) is 0 Å². The number of methoxy groups -OCH3 is 1. The van der Waals surface area contributed by atoms with Crippen molar-refractivity contribution in [2.75, 3.05) is 7.11 Å². The molecular formula is C26H26NO3P. The average Bonchev–Trinajstić information content (AvgIpc) is 3.16. The third-order valence-electron chi connectivity index (χ3n) is 6.02. The summed E-state index contributed by atoms with van der Waals surface area (Å²) in [5.41, 5.74) is 5.48. The van der Waals surface area contributed by atoms with Crippen LogP contribution >= 0.6 is 8.96 Å². The minimum Gasteiger partial charge on any atom is -0.493 e. The maximum absolute atomic E-state index is 6.48. The Kier molecular flexibility index (Phi) is 4.71. The zero-order valence-corrected chi connectivity index (χ0v) is 19.4. The van der Waals surface area contributed by atoms with Gasteiger partial charge >= 0.3 is 0 Å². The van der Waals surface area contributed by atoms with Crippen LogP contribution in [0.3, 0.4) is 0 Å². The van der Waals surface area contributed by atoms with Gasteiger partial charge in [0, 0.05) is 22.7 Å². The van der Waals surface area contributed by atoms with E-state index < -0.39 is 0 Å². The van der Waals surface area contributed by atoms with Gasteiger partial charge in [0.25, 0.3) is 0 Å². The monoisotopic (exact) mass is 431 g/mol. The number of nitrogens with zero attached hydrogens (tertiary/aromatic N) is 1. The molecule has 1 aromatic heterocycles. The molecule has 2 heterocycles. The number of aryl methyl sites for hydroxylation is 2. The quantitative estimate of drug-likeness (QED) is 0.322. The van der Waals surface area contributed by atoms with Crippen LogP contribution in [0.5, 0.6) is 23.0 Å². The van der Waals surface area contributed by atoms with E-state index in [1.165, 1.54) is 5.39 Å². The molecule has 3 aromatic carbocycles. The van der Waals surface area contributed by atoms with Gasteiger partial charge in [0.15, 0.2) is 32.0 Å². The molecule has 0 saturated heterocycles. The summed E-state index contributed by atoms with van der Waals surface area (Å²) in [4.78, 5) is 0. The van der Waals surface area contributed by atoms with Crippen LogP contribution in [0.15, 0.2) is 60.8 Å². The van der Waals surface area contributed by atoms with Gasteiger partial charge in [0.1, 0.15) is 0 Å². The minimum atomic E-state index is -0.240. The van der Waals surface area contributed by atoms with Gasteiger partial charge in [-0.15, -0.1) is 0 Å². The number of hydrogen-bond acceptors (Lipinski definition) is 3. The van der Waals surface area contributed by atoms with Crippen LogP contribution in [0.25, 0.3) is 10.9 Å². The van der Waals surface area contributed by atoms with Crippen molar-refractivity contribution in [3.8, 4) is 23.0 Å². The highest BCUT2D eigenvalue weighted by Crippen LogP contribution is 2.55. The highest BCUT2D eigenvalue weighted by atomic mass is 31.1. The van der Waals surface area contributed by atoms with Crippen molar-refractivity contribution in [3.05, 3.63) is 83.0 Å². The molecule has 0 N–H and O–H groups in total. The first-order valence-electron chi connectivity index (χ1n) is 10.4. The van der Waals surface area contributed by atoms with Gasteiger partial charge in [-0.25, -0.2) is 0 Å². The van der Waals surface area contributed by atoms with E-state index in [9.17, 15) is 0 Å². The van der Waals surface area contributed by atoms with Gasteiger partial charge in [-0.1, -0.05) is 44.2 Å². The molecule has 0 fully saturated rings. The summed E-state index contributed by atoms with van der Waals surface area (Å²) in [6.07, 6.45) is 2.07. The Balaban J connectivity index is 1.58. The van der Waals surface area contributed by atoms with Crippen molar-refractivity contribution in [2.45, 2.75) is 33.1 Å². The van der Waals surface area contributed by atoms with Crippen LogP contribution in [0.2, 0.25) is 0 Å². The molecule has 4 aromatic rings. The molecule has 0 amide bonds. The Morgan fingerprint density at radius 1 is 0.871 bits per heavy atom. The summed E-state index contributed by atoms with van der Waals surface area (Å²) >= 11 is 0. The van der Waals surface area contributed by atoms with E-state index in [-0.39, 0.29) is 14.4 Å². The van der Waals surface area contributed by atoms with Gasteiger partial charge in [0.05, 0.1) is 12.6 Å². The highest BCUT2D eigenvalue weighted by molar-refractivity contribution is 7.31. The van der Waals surface area contributed by atoms with Crippen molar-refractivity contribution in [3.63, 3.8) is 0 Å². The van der Waals surface area contributed by atoms with Gasteiger partial charge in [-0.05, 0) is 54.6 Å². The molecule has 0 bridgehead atoms. The van der Waals surface area contributed by atoms with Crippen molar-refractivity contribution in [1.82, 2.24) is 4.34 Å². The fraction of sp³-hybridized carbons (Fsp3) is 0.231. The Morgan fingerprint density at radius 2 is 1.52 bits per heavy atom. The summed E-state index contributed by atoms with van der Waals surface area (Å²) in [7, 11) is 1.80. The molecule has 1 aliphatic heterocycles. The summed E-state index contributed by atoms with van der Waals surface area (Å²) in [5.74, 6) is 3.05. The number of hydrogen-bond donors (Lipinski definition) is 0. The van der Waals surface area contributed by atoms with Gasteiger partial charge < -0.3 is 14.0 Å². The van der Waals surface area contributed by atoms with E-state index in [2.05, 4.69) is 86.8 Å². The molecule has 5 heteroatoms. The second-order valence-corrected chi connectivity index (χ2v) is 9.52. The number of para-hydroxylation sites is 1. The van der Waals surface area contributed by atoms with Crippen LogP contribution in [0, 0.1) is 13.8 Å². The predicted molar refractivity (Wildman–Crippen MR) is 127 cm³/mol. The Morgan fingerprint density at radius 3 is 2.23 bits per heavy atom. The lowest BCUT2D eigenvalue weighted by Gasteiger charge is -2.36. The van der Waals surface area contributed by atoms with E-state index in [0.29, 0.717) is 0 Å². The fourth-order valence-electron chi connectivity index (χ4n) is 4.35. The van der Waals surface area contributed by atoms with Crippen LogP contribution in [-0.2, 0) is 5.41 Å². The van der Waals surface area contributed by atoms with E-state index in [1.807, 2.05) is 6.07 Å². The predicted octanol–water partition coefficient (Wildman–Crippen LogP) is 7.13. The van der Waals surface area contributed by atoms with Crippen LogP contribution in [0.1, 0.15) is 36.1 Å². The Labute approximate surface area is 184 Å². The third-order valence-corrected chi connectivity index (χ3v) is 6.92. The first kappa shape index (κ1) is 20.0. The van der Waals surface area contributed by atoms with Gasteiger partial charge in [-0.3, -0.25) is 4.34 Å². The highest BCUT2D eigenvalue weighted by Gasteiger charge is 2.38. The topological polar surface area (TPSA) is 32.6 Å². The SMILES string of the molecule is COc1cc(C)cc2c1Oc1c(OPn3ccc4ccccc43)cc(C)cc1C2(C)C. The van der Waals surface area contributed by atoms with E-state index in [1.54, 1.807) is 7.11 Å². The van der Waals surface area contributed by atoms with Crippen LogP contribution in [-0.4, -0.2) is 11.4 Å². The first-order chi connectivity index (χ1) is 14.9. The van der Waals surface area contributed by atoms with Crippen LogP contribution in [0.4, 0.5) is 0 Å². The zero-order chi connectivity index (χ0) is 21.8. The summed E-state index contributed by atoms with van der Waals surface area (Å²) in [6.45, 7) is 8.65. The molecule has 1 aliphatic rings. The molecule has 158 valence electrons. The first-order valence-corrected chi connectivity index (χ1v) is 11.2. The molecule has 1 atom stereocenters. The number of aromatic nitrogens is 1. The number of benzene rings is 3.